The highest BCUT2D eigenvalue weighted by molar-refractivity contribution is 5.96. The van der Waals surface area contributed by atoms with Gasteiger partial charge in [-0.3, -0.25) is 0 Å². The molecular formula is C40H28N4. The van der Waals surface area contributed by atoms with Crippen molar-refractivity contribution in [3.63, 3.8) is 0 Å². The fourth-order valence-corrected chi connectivity index (χ4v) is 5.93. The van der Waals surface area contributed by atoms with E-state index >= 15 is 0 Å². The van der Waals surface area contributed by atoms with E-state index in [1.807, 2.05) is 36.4 Å². The zero-order valence-corrected chi connectivity index (χ0v) is 24.1. The van der Waals surface area contributed by atoms with Crippen LogP contribution in [0.3, 0.4) is 0 Å². The third kappa shape index (κ3) is 4.87. The Morgan fingerprint density at radius 2 is 0.955 bits per heavy atom. The Balaban J connectivity index is 1.24. The van der Waals surface area contributed by atoms with Gasteiger partial charge in [0.15, 0.2) is 11.6 Å². The summed E-state index contributed by atoms with van der Waals surface area (Å²) in [5.41, 5.74) is 10.3. The van der Waals surface area contributed by atoms with Crippen LogP contribution in [0.1, 0.15) is 18.7 Å². The van der Waals surface area contributed by atoms with Gasteiger partial charge in [0.05, 0.1) is 22.4 Å². The molecule has 0 spiro atoms. The normalized spacial score (nSPS) is 12.9. The predicted octanol–water partition coefficient (Wildman–Crippen LogP) is 9.97. The highest BCUT2D eigenvalue weighted by Crippen LogP contribution is 2.35. The summed E-state index contributed by atoms with van der Waals surface area (Å²) in [6.45, 7) is 0. The van der Waals surface area contributed by atoms with E-state index < -0.39 is 0 Å². The van der Waals surface area contributed by atoms with Crippen LogP contribution in [0, 0.1) is 0 Å². The number of para-hydroxylation sites is 2. The lowest BCUT2D eigenvalue weighted by molar-refractivity contribution is 1.02. The van der Waals surface area contributed by atoms with Crippen LogP contribution in [0.2, 0.25) is 0 Å². The molecule has 2 aromatic heterocycles. The molecule has 0 radical (unpaired) electrons. The highest BCUT2D eigenvalue weighted by Gasteiger charge is 2.15. The number of benzene rings is 5. The fourth-order valence-electron chi connectivity index (χ4n) is 5.93. The van der Waals surface area contributed by atoms with Crippen molar-refractivity contribution in [1.29, 1.82) is 0 Å². The van der Waals surface area contributed by atoms with Gasteiger partial charge < -0.3 is 0 Å². The maximum Gasteiger partial charge on any atom is 0.160 e. The first-order valence-corrected chi connectivity index (χ1v) is 15.0. The number of aromatic nitrogens is 4. The second-order valence-electron chi connectivity index (χ2n) is 11.0. The van der Waals surface area contributed by atoms with Crippen molar-refractivity contribution in [1.82, 2.24) is 19.9 Å². The van der Waals surface area contributed by atoms with Crippen LogP contribution >= 0.6 is 0 Å². The number of fused-ring (bicyclic) bond motifs is 2. The average molecular weight is 565 g/mol. The SMILES string of the molecule is C1=CCCC(c2nc(-c3cccc(-c4cccc(-c5nc(-c6ccccc6)nc6ccccc56)c4)c3)c3ccccc3n2)=C1. The van der Waals surface area contributed by atoms with E-state index in [4.69, 9.17) is 19.9 Å². The van der Waals surface area contributed by atoms with Crippen molar-refractivity contribution in [2.45, 2.75) is 12.8 Å². The van der Waals surface area contributed by atoms with Crippen LogP contribution in [0.5, 0.6) is 0 Å². The summed E-state index contributed by atoms with van der Waals surface area (Å²) >= 11 is 0. The van der Waals surface area contributed by atoms with Gasteiger partial charge in [0.25, 0.3) is 0 Å². The van der Waals surface area contributed by atoms with Crippen molar-refractivity contribution in [2.24, 2.45) is 0 Å². The topological polar surface area (TPSA) is 51.6 Å². The Morgan fingerprint density at radius 3 is 1.57 bits per heavy atom. The van der Waals surface area contributed by atoms with Crippen molar-refractivity contribution in [3.8, 4) is 45.0 Å². The standard InChI is InChI=1S/C40H28N4/c1-3-13-27(14-4-1)39-41-35-23-9-7-21-33(35)37(43-39)31-19-11-17-29(25-31)30-18-12-20-32(26-30)38-34-22-8-10-24-36(34)42-40(44-38)28-15-5-2-6-16-28/h1-5,7-15,17-26H,6,16H2. The largest absolute Gasteiger partial charge is 0.228 e. The minimum absolute atomic E-state index is 0.724. The third-order valence-corrected chi connectivity index (χ3v) is 8.14. The van der Waals surface area contributed by atoms with E-state index in [-0.39, 0.29) is 0 Å². The van der Waals surface area contributed by atoms with Gasteiger partial charge in [0.1, 0.15) is 0 Å². The molecule has 0 amide bonds. The highest BCUT2D eigenvalue weighted by atomic mass is 14.9. The number of hydrogen-bond acceptors (Lipinski definition) is 4. The molecule has 44 heavy (non-hydrogen) atoms. The molecule has 0 fully saturated rings. The van der Waals surface area contributed by atoms with Crippen LogP contribution in [-0.2, 0) is 0 Å². The van der Waals surface area contributed by atoms with Gasteiger partial charge >= 0.3 is 0 Å². The van der Waals surface area contributed by atoms with Gasteiger partial charge in [-0.25, -0.2) is 19.9 Å². The second kappa shape index (κ2) is 11.2. The molecule has 1 aliphatic carbocycles. The molecule has 0 N–H and O–H groups in total. The molecule has 1 aliphatic rings. The van der Waals surface area contributed by atoms with Gasteiger partial charge in [-0.1, -0.05) is 121 Å². The summed E-state index contributed by atoms with van der Waals surface area (Å²) in [5.74, 6) is 1.53. The molecule has 0 atom stereocenters. The summed E-state index contributed by atoms with van der Waals surface area (Å²) in [7, 11) is 0. The molecule has 7 aromatic rings. The minimum atomic E-state index is 0.724. The molecular weight excluding hydrogens is 536 g/mol. The van der Waals surface area contributed by atoms with E-state index in [9.17, 15) is 0 Å². The Kier molecular flexibility index (Phi) is 6.58. The maximum atomic E-state index is 5.14. The van der Waals surface area contributed by atoms with Gasteiger partial charge in [-0.05, 0) is 53.8 Å². The van der Waals surface area contributed by atoms with E-state index in [0.29, 0.717) is 0 Å². The quantitative estimate of drug-likeness (QED) is 0.209. The number of rotatable bonds is 5. The smallest absolute Gasteiger partial charge is 0.160 e. The number of nitrogens with zero attached hydrogens (tertiary/aromatic N) is 4. The molecule has 0 saturated heterocycles. The molecule has 4 nitrogen and oxygen atoms in total. The molecule has 0 saturated carbocycles. The van der Waals surface area contributed by atoms with Crippen LogP contribution in [-0.4, -0.2) is 19.9 Å². The molecule has 0 unspecified atom stereocenters. The van der Waals surface area contributed by atoms with Crippen LogP contribution in [0.4, 0.5) is 0 Å². The van der Waals surface area contributed by atoms with Gasteiger partial charge in [0.2, 0.25) is 0 Å². The van der Waals surface area contributed by atoms with E-state index in [2.05, 4.69) is 109 Å². The van der Waals surface area contributed by atoms with Crippen molar-refractivity contribution < 1.29 is 0 Å². The first-order chi connectivity index (χ1) is 21.8. The summed E-state index contributed by atoms with van der Waals surface area (Å²) in [6.07, 6.45) is 8.39. The first kappa shape index (κ1) is 25.9. The summed E-state index contributed by atoms with van der Waals surface area (Å²) in [6, 6.07) is 44.0. The summed E-state index contributed by atoms with van der Waals surface area (Å²) in [5, 5.41) is 2.08. The van der Waals surface area contributed by atoms with Crippen LogP contribution < -0.4 is 0 Å². The fraction of sp³-hybridized carbons (Fsp3) is 0.0500. The zero-order valence-electron chi connectivity index (χ0n) is 24.1. The maximum absolute atomic E-state index is 5.14. The van der Waals surface area contributed by atoms with Crippen LogP contribution in [0.15, 0.2) is 146 Å². The molecule has 4 heteroatoms. The lowest BCUT2D eigenvalue weighted by Crippen LogP contribution is -2.00. The van der Waals surface area contributed by atoms with Gasteiger partial charge in [-0.2, -0.15) is 0 Å². The van der Waals surface area contributed by atoms with E-state index in [1.165, 1.54) is 5.57 Å². The molecule has 0 aliphatic heterocycles. The van der Waals surface area contributed by atoms with E-state index in [1.54, 1.807) is 0 Å². The Labute approximate surface area is 256 Å². The lowest BCUT2D eigenvalue weighted by Gasteiger charge is -2.13. The van der Waals surface area contributed by atoms with Crippen molar-refractivity contribution >= 4 is 27.4 Å². The van der Waals surface area contributed by atoms with Crippen molar-refractivity contribution in [3.05, 3.63) is 151 Å². The first-order valence-electron chi connectivity index (χ1n) is 15.0. The Bertz CT molecular complexity index is 2230. The van der Waals surface area contributed by atoms with Crippen molar-refractivity contribution in [2.75, 3.05) is 0 Å². The number of hydrogen-bond donors (Lipinski definition) is 0. The van der Waals surface area contributed by atoms with Gasteiger partial charge in [0, 0.05) is 27.5 Å². The van der Waals surface area contributed by atoms with Gasteiger partial charge in [-0.15, -0.1) is 0 Å². The molecule has 8 rings (SSSR count). The predicted molar refractivity (Wildman–Crippen MR) is 181 cm³/mol. The Hall–Kier alpha value is -5.74. The molecule has 0 bridgehead atoms. The second-order valence-corrected chi connectivity index (χ2v) is 11.0. The lowest BCUT2D eigenvalue weighted by atomic mass is 9.96. The number of allylic oxidation sites excluding steroid dienone is 4. The third-order valence-electron chi connectivity index (χ3n) is 8.14. The molecule has 5 aromatic carbocycles. The monoisotopic (exact) mass is 564 g/mol. The van der Waals surface area contributed by atoms with Crippen LogP contribution in [0.25, 0.3) is 72.4 Å². The summed E-state index contributed by atoms with van der Waals surface area (Å²) < 4.78 is 0. The van der Waals surface area contributed by atoms with E-state index in [0.717, 1.165) is 85.5 Å². The molecule has 2 heterocycles. The Morgan fingerprint density at radius 1 is 0.432 bits per heavy atom. The average Bonchev–Trinajstić information content (AvgIpc) is 3.11. The minimum Gasteiger partial charge on any atom is -0.228 e. The molecule has 208 valence electrons. The summed E-state index contributed by atoms with van der Waals surface area (Å²) in [4.78, 5) is 20.1. The zero-order chi connectivity index (χ0) is 29.3.